The van der Waals surface area contributed by atoms with Crippen molar-refractivity contribution in [3.63, 3.8) is 0 Å². The monoisotopic (exact) mass is 329 g/mol. The summed E-state index contributed by atoms with van der Waals surface area (Å²) >= 11 is 0. The first-order valence-electron chi connectivity index (χ1n) is 9.08. The zero-order valence-corrected chi connectivity index (χ0v) is 15.0. The van der Waals surface area contributed by atoms with Crippen LogP contribution in [0.2, 0.25) is 0 Å². The number of aryl methyl sites for hydroxylation is 1. The van der Waals surface area contributed by atoms with E-state index in [-0.39, 0.29) is 5.91 Å². The minimum atomic E-state index is 0.0906. The van der Waals surface area contributed by atoms with Crippen molar-refractivity contribution >= 4 is 11.7 Å². The van der Waals surface area contributed by atoms with Gasteiger partial charge in [0.2, 0.25) is 0 Å². The Morgan fingerprint density at radius 3 is 2.71 bits per heavy atom. The second kappa shape index (κ2) is 5.73. The van der Waals surface area contributed by atoms with Crippen LogP contribution in [0, 0.1) is 12.3 Å². The van der Waals surface area contributed by atoms with Gasteiger partial charge in [-0.05, 0) is 49.7 Å². The molecule has 2 fully saturated rings. The van der Waals surface area contributed by atoms with Crippen LogP contribution in [0.15, 0.2) is 6.07 Å². The Morgan fingerprint density at radius 1 is 1.33 bits per heavy atom. The Morgan fingerprint density at radius 2 is 2.04 bits per heavy atom. The van der Waals surface area contributed by atoms with Crippen LogP contribution in [-0.2, 0) is 11.3 Å². The molecule has 0 atom stereocenters. The van der Waals surface area contributed by atoms with Crippen LogP contribution >= 0.6 is 0 Å². The Hall–Kier alpha value is -1.62. The standard InChI is InChI=1S/C19H27N3O2/c1-13-10-15-16(11-21(3)18(15)23)20-17(13)22-8-4-14(5-9-22)24-12-19(2)6-7-19/h10,14H,4-9,11-12H2,1-3H3. The number of ether oxygens (including phenoxy) is 1. The molecule has 2 aliphatic heterocycles. The van der Waals surface area contributed by atoms with E-state index in [9.17, 15) is 4.79 Å². The second-order valence-corrected chi connectivity index (χ2v) is 8.09. The van der Waals surface area contributed by atoms with Crippen molar-refractivity contribution in [3.8, 4) is 0 Å². The summed E-state index contributed by atoms with van der Waals surface area (Å²) in [7, 11) is 1.84. The van der Waals surface area contributed by atoms with Crippen LogP contribution in [0.4, 0.5) is 5.82 Å². The van der Waals surface area contributed by atoms with Crippen molar-refractivity contribution in [1.82, 2.24) is 9.88 Å². The molecule has 3 aliphatic rings. The lowest BCUT2D eigenvalue weighted by molar-refractivity contribution is 0.0127. The summed E-state index contributed by atoms with van der Waals surface area (Å²) in [4.78, 5) is 21.0. The first-order valence-corrected chi connectivity index (χ1v) is 9.08. The zero-order valence-electron chi connectivity index (χ0n) is 15.0. The summed E-state index contributed by atoms with van der Waals surface area (Å²) in [6.07, 6.45) is 5.15. The SMILES string of the molecule is Cc1cc2c(nc1N1CCC(OCC3(C)CC3)CC1)CN(C)C2=O. The van der Waals surface area contributed by atoms with Crippen LogP contribution in [-0.4, -0.2) is 48.6 Å². The van der Waals surface area contributed by atoms with E-state index in [1.165, 1.54) is 12.8 Å². The number of carbonyl (C=O) groups excluding carboxylic acids is 1. The molecule has 1 aliphatic carbocycles. The number of carbonyl (C=O) groups is 1. The Kier molecular flexibility index (Phi) is 3.79. The van der Waals surface area contributed by atoms with Crippen LogP contribution in [0.3, 0.4) is 0 Å². The number of fused-ring (bicyclic) bond motifs is 1. The van der Waals surface area contributed by atoms with E-state index in [0.29, 0.717) is 18.1 Å². The molecule has 0 spiro atoms. The molecule has 130 valence electrons. The van der Waals surface area contributed by atoms with E-state index in [4.69, 9.17) is 9.72 Å². The molecule has 5 heteroatoms. The third-order valence-electron chi connectivity index (χ3n) is 5.74. The number of hydrogen-bond acceptors (Lipinski definition) is 4. The van der Waals surface area contributed by atoms with Crippen molar-refractivity contribution in [2.75, 3.05) is 31.6 Å². The lowest BCUT2D eigenvalue weighted by Crippen LogP contribution is -2.38. The van der Waals surface area contributed by atoms with Gasteiger partial charge in [0.15, 0.2) is 0 Å². The van der Waals surface area contributed by atoms with E-state index in [2.05, 4.69) is 18.7 Å². The van der Waals surface area contributed by atoms with Gasteiger partial charge in [-0.1, -0.05) is 6.92 Å². The van der Waals surface area contributed by atoms with Gasteiger partial charge in [-0.25, -0.2) is 4.98 Å². The van der Waals surface area contributed by atoms with Gasteiger partial charge < -0.3 is 14.5 Å². The molecule has 0 N–H and O–H groups in total. The van der Waals surface area contributed by atoms with Gasteiger partial charge in [0.25, 0.3) is 5.91 Å². The summed E-state index contributed by atoms with van der Waals surface area (Å²) in [5.41, 5.74) is 3.26. The number of piperidine rings is 1. The Labute approximate surface area is 144 Å². The molecule has 1 amide bonds. The molecule has 24 heavy (non-hydrogen) atoms. The minimum Gasteiger partial charge on any atom is -0.378 e. The highest BCUT2D eigenvalue weighted by atomic mass is 16.5. The molecule has 1 aromatic rings. The summed E-state index contributed by atoms with van der Waals surface area (Å²) in [6.45, 7) is 7.89. The van der Waals surface area contributed by atoms with Gasteiger partial charge in [0.1, 0.15) is 5.82 Å². The van der Waals surface area contributed by atoms with Gasteiger partial charge in [-0.15, -0.1) is 0 Å². The number of pyridine rings is 1. The quantitative estimate of drug-likeness (QED) is 0.852. The van der Waals surface area contributed by atoms with E-state index >= 15 is 0 Å². The van der Waals surface area contributed by atoms with Gasteiger partial charge >= 0.3 is 0 Å². The van der Waals surface area contributed by atoms with Crippen molar-refractivity contribution in [1.29, 1.82) is 0 Å². The maximum Gasteiger partial charge on any atom is 0.255 e. The summed E-state index contributed by atoms with van der Waals surface area (Å²) in [6, 6.07) is 2.01. The number of hydrogen-bond donors (Lipinski definition) is 0. The normalized spacial score (nSPS) is 22.9. The molecule has 0 unspecified atom stereocenters. The largest absolute Gasteiger partial charge is 0.378 e. The molecule has 0 aromatic carbocycles. The molecule has 4 rings (SSSR count). The number of nitrogens with zero attached hydrogens (tertiary/aromatic N) is 3. The van der Waals surface area contributed by atoms with Crippen molar-refractivity contribution < 1.29 is 9.53 Å². The molecule has 0 radical (unpaired) electrons. The minimum absolute atomic E-state index is 0.0906. The fraction of sp³-hybridized carbons (Fsp3) is 0.684. The predicted molar refractivity (Wildman–Crippen MR) is 93.3 cm³/mol. The number of anilines is 1. The Bertz CT molecular complexity index is 661. The number of aromatic nitrogens is 1. The van der Waals surface area contributed by atoms with Gasteiger partial charge in [-0.3, -0.25) is 4.79 Å². The lowest BCUT2D eigenvalue weighted by atomic mass is 10.1. The maximum absolute atomic E-state index is 12.1. The van der Waals surface area contributed by atoms with E-state index < -0.39 is 0 Å². The summed E-state index contributed by atoms with van der Waals surface area (Å²) < 4.78 is 6.13. The van der Waals surface area contributed by atoms with Crippen molar-refractivity contribution in [2.24, 2.45) is 5.41 Å². The molecule has 1 saturated carbocycles. The van der Waals surface area contributed by atoms with Gasteiger partial charge in [0.05, 0.1) is 30.5 Å². The van der Waals surface area contributed by atoms with Gasteiger partial charge in [-0.2, -0.15) is 0 Å². The summed E-state index contributed by atoms with van der Waals surface area (Å²) in [5.74, 6) is 1.14. The first-order chi connectivity index (χ1) is 11.5. The molecular formula is C19H27N3O2. The average Bonchev–Trinajstić information content (AvgIpc) is 3.25. The lowest BCUT2D eigenvalue weighted by Gasteiger charge is -2.34. The van der Waals surface area contributed by atoms with Gasteiger partial charge in [0, 0.05) is 20.1 Å². The predicted octanol–water partition coefficient (Wildman–Crippen LogP) is 2.76. The van der Waals surface area contributed by atoms with E-state index in [1.807, 2.05) is 13.1 Å². The molecule has 3 heterocycles. The van der Waals surface area contributed by atoms with Crippen LogP contribution in [0.25, 0.3) is 0 Å². The highest BCUT2D eigenvalue weighted by Gasteiger charge is 2.38. The molecule has 5 nitrogen and oxygen atoms in total. The maximum atomic E-state index is 12.1. The highest BCUT2D eigenvalue weighted by molar-refractivity contribution is 5.98. The van der Waals surface area contributed by atoms with E-state index in [1.54, 1.807) is 4.90 Å². The molecule has 1 aromatic heterocycles. The van der Waals surface area contributed by atoms with Crippen LogP contribution in [0.1, 0.15) is 54.2 Å². The average molecular weight is 329 g/mol. The van der Waals surface area contributed by atoms with Crippen LogP contribution in [0.5, 0.6) is 0 Å². The third kappa shape index (κ3) is 2.90. The first kappa shape index (κ1) is 15.9. The number of amides is 1. The molecule has 0 bridgehead atoms. The topological polar surface area (TPSA) is 45.7 Å². The molecular weight excluding hydrogens is 302 g/mol. The van der Waals surface area contributed by atoms with Crippen molar-refractivity contribution in [2.45, 2.75) is 52.2 Å². The Balaban J connectivity index is 1.41. The summed E-state index contributed by atoms with van der Waals surface area (Å²) in [5, 5.41) is 0. The fourth-order valence-corrected chi connectivity index (χ4v) is 3.68. The number of rotatable bonds is 4. The second-order valence-electron chi connectivity index (χ2n) is 8.09. The third-order valence-corrected chi connectivity index (χ3v) is 5.74. The zero-order chi connectivity index (χ0) is 16.9. The molecule has 1 saturated heterocycles. The smallest absolute Gasteiger partial charge is 0.255 e. The fourth-order valence-electron chi connectivity index (χ4n) is 3.68. The van der Waals surface area contributed by atoms with Crippen molar-refractivity contribution in [3.05, 3.63) is 22.9 Å². The van der Waals surface area contributed by atoms with E-state index in [0.717, 1.165) is 55.2 Å². The highest BCUT2D eigenvalue weighted by Crippen LogP contribution is 2.45. The van der Waals surface area contributed by atoms with Crippen LogP contribution < -0.4 is 4.90 Å².